The molecule has 1 N–H and O–H groups in total. The molecule has 0 spiro atoms. The van der Waals surface area contributed by atoms with E-state index in [1.165, 1.54) is 17.2 Å². The second kappa shape index (κ2) is 5.32. The van der Waals surface area contributed by atoms with E-state index in [9.17, 15) is 4.39 Å². The van der Waals surface area contributed by atoms with Crippen molar-refractivity contribution in [2.24, 2.45) is 0 Å². The Hall–Kier alpha value is -1.35. The largest absolute Gasteiger partial charge is 0.381 e. The molecule has 0 bridgehead atoms. The lowest BCUT2D eigenvalue weighted by atomic mass is 10.1. The highest BCUT2D eigenvalue weighted by Crippen LogP contribution is 2.20. The Balaban J connectivity index is 2.02. The van der Waals surface area contributed by atoms with Gasteiger partial charge in [0.2, 0.25) is 0 Å². The fourth-order valence-electron chi connectivity index (χ4n) is 1.52. The molecule has 0 radical (unpaired) electrons. The molecule has 0 amide bonds. The normalized spacial score (nSPS) is 10.3. The predicted octanol–water partition coefficient (Wildman–Crippen LogP) is 4.51. The van der Waals surface area contributed by atoms with Crippen molar-refractivity contribution in [3.8, 4) is 0 Å². The van der Waals surface area contributed by atoms with Crippen molar-refractivity contribution in [1.82, 2.24) is 0 Å². The van der Waals surface area contributed by atoms with Gasteiger partial charge in [-0.3, -0.25) is 0 Å². The summed E-state index contributed by atoms with van der Waals surface area (Å²) in [6, 6.07) is 13.2. The van der Waals surface area contributed by atoms with E-state index in [0.717, 1.165) is 12.2 Å². The molecule has 0 saturated carbocycles. The highest BCUT2D eigenvalue weighted by molar-refractivity contribution is 9.10. The molecule has 0 aliphatic heterocycles. The molecule has 0 unspecified atom stereocenters. The summed E-state index contributed by atoms with van der Waals surface area (Å²) in [5.74, 6) is -0.245. The summed E-state index contributed by atoms with van der Waals surface area (Å²) in [5, 5.41) is 3.25. The zero-order valence-electron chi connectivity index (χ0n) is 9.50. The van der Waals surface area contributed by atoms with Crippen LogP contribution in [0.1, 0.15) is 11.1 Å². The van der Waals surface area contributed by atoms with Crippen LogP contribution >= 0.6 is 15.9 Å². The van der Waals surface area contributed by atoms with E-state index in [1.54, 1.807) is 12.1 Å². The first-order chi connectivity index (χ1) is 8.15. The SMILES string of the molecule is Cc1ccc(CNc2ccc(F)c(Br)c2)cc1. The number of benzene rings is 2. The van der Waals surface area contributed by atoms with Gasteiger partial charge in [0, 0.05) is 12.2 Å². The van der Waals surface area contributed by atoms with Crippen molar-refractivity contribution >= 4 is 21.6 Å². The van der Waals surface area contributed by atoms with Crippen LogP contribution in [0.4, 0.5) is 10.1 Å². The average Bonchev–Trinajstić information content (AvgIpc) is 2.33. The van der Waals surface area contributed by atoms with Crippen molar-refractivity contribution in [1.29, 1.82) is 0 Å². The lowest BCUT2D eigenvalue weighted by Crippen LogP contribution is -1.99. The number of nitrogens with one attached hydrogen (secondary N) is 1. The van der Waals surface area contributed by atoms with Gasteiger partial charge in [0.15, 0.2) is 0 Å². The first-order valence-electron chi connectivity index (χ1n) is 5.39. The first kappa shape index (κ1) is 12.1. The second-order valence-corrected chi connectivity index (χ2v) is 4.82. The number of aryl methyl sites for hydroxylation is 1. The minimum absolute atomic E-state index is 0.245. The van der Waals surface area contributed by atoms with Crippen LogP contribution in [0.2, 0.25) is 0 Å². The molecule has 0 aliphatic carbocycles. The Labute approximate surface area is 109 Å². The Bertz CT molecular complexity index is 508. The summed E-state index contributed by atoms with van der Waals surface area (Å²) in [4.78, 5) is 0. The van der Waals surface area contributed by atoms with E-state index in [-0.39, 0.29) is 5.82 Å². The lowest BCUT2D eigenvalue weighted by Gasteiger charge is -2.07. The number of anilines is 1. The summed E-state index contributed by atoms with van der Waals surface area (Å²) in [5.41, 5.74) is 3.35. The van der Waals surface area contributed by atoms with Gasteiger partial charge in [0.25, 0.3) is 0 Å². The molecule has 0 fully saturated rings. The van der Waals surface area contributed by atoms with Crippen molar-refractivity contribution in [2.75, 3.05) is 5.32 Å². The molecule has 2 aromatic rings. The van der Waals surface area contributed by atoms with Crippen LogP contribution in [0.5, 0.6) is 0 Å². The topological polar surface area (TPSA) is 12.0 Å². The van der Waals surface area contributed by atoms with Crippen molar-refractivity contribution < 1.29 is 4.39 Å². The maximum absolute atomic E-state index is 13.0. The van der Waals surface area contributed by atoms with Gasteiger partial charge in [0.05, 0.1) is 4.47 Å². The van der Waals surface area contributed by atoms with E-state index in [2.05, 4.69) is 52.4 Å². The Morgan fingerprint density at radius 2 is 1.82 bits per heavy atom. The van der Waals surface area contributed by atoms with Crippen LogP contribution in [0.25, 0.3) is 0 Å². The molecular formula is C14H13BrFN. The maximum atomic E-state index is 13.0. The zero-order chi connectivity index (χ0) is 12.3. The number of hydrogen-bond donors (Lipinski definition) is 1. The van der Waals surface area contributed by atoms with Gasteiger partial charge < -0.3 is 5.32 Å². The maximum Gasteiger partial charge on any atom is 0.137 e. The van der Waals surface area contributed by atoms with Crippen molar-refractivity contribution in [3.05, 3.63) is 63.9 Å². The van der Waals surface area contributed by atoms with Crippen LogP contribution < -0.4 is 5.32 Å². The van der Waals surface area contributed by atoms with E-state index in [0.29, 0.717) is 4.47 Å². The first-order valence-corrected chi connectivity index (χ1v) is 6.19. The number of rotatable bonds is 3. The van der Waals surface area contributed by atoms with E-state index in [1.807, 2.05) is 0 Å². The van der Waals surface area contributed by atoms with Crippen LogP contribution in [0.15, 0.2) is 46.9 Å². The molecule has 2 aromatic carbocycles. The van der Waals surface area contributed by atoms with E-state index < -0.39 is 0 Å². The molecule has 1 nitrogen and oxygen atoms in total. The molecule has 0 aliphatic rings. The Kier molecular flexibility index (Phi) is 3.79. The van der Waals surface area contributed by atoms with Gasteiger partial charge in [0.1, 0.15) is 5.82 Å². The average molecular weight is 294 g/mol. The van der Waals surface area contributed by atoms with Crippen LogP contribution in [0.3, 0.4) is 0 Å². The summed E-state index contributed by atoms with van der Waals surface area (Å²) in [6.07, 6.45) is 0. The van der Waals surface area contributed by atoms with Gasteiger partial charge in [-0.25, -0.2) is 4.39 Å². The molecule has 3 heteroatoms. The van der Waals surface area contributed by atoms with Gasteiger partial charge in [-0.15, -0.1) is 0 Å². The third kappa shape index (κ3) is 3.30. The second-order valence-electron chi connectivity index (χ2n) is 3.97. The molecule has 17 heavy (non-hydrogen) atoms. The fourth-order valence-corrected chi connectivity index (χ4v) is 1.89. The lowest BCUT2D eigenvalue weighted by molar-refractivity contribution is 0.621. The highest BCUT2D eigenvalue weighted by atomic mass is 79.9. The van der Waals surface area contributed by atoms with Crippen molar-refractivity contribution in [3.63, 3.8) is 0 Å². The predicted molar refractivity (Wildman–Crippen MR) is 72.6 cm³/mol. The highest BCUT2D eigenvalue weighted by Gasteiger charge is 2.00. The molecule has 0 heterocycles. The molecule has 0 atom stereocenters. The quantitative estimate of drug-likeness (QED) is 0.878. The third-order valence-corrected chi connectivity index (χ3v) is 3.14. The molecule has 88 valence electrons. The van der Waals surface area contributed by atoms with Gasteiger partial charge in [-0.2, -0.15) is 0 Å². The molecule has 2 rings (SSSR count). The van der Waals surface area contributed by atoms with Crippen LogP contribution in [0, 0.1) is 12.7 Å². The standard InChI is InChI=1S/C14H13BrFN/c1-10-2-4-11(5-3-10)9-17-12-6-7-14(16)13(15)8-12/h2-8,17H,9H2,1H3. The van der Waals surface area contributed by atoms with Crippen LogP contribution in [-0.4, -0.2) is 0 Å². The third-order valence-electron chi connectivity index (χ3n) is 2.54. The summed E-state index contributed by atoms with van der Waals surface area (Å²) < 4.78 is 13.5. The van der Waals surface area contributed by atoms with E-state index >= 15 is 0 Å². The summed E-state index contributed by atoms with van der Waals surface area (Å²) >= 11 is 3.17. The molecular weight excluding hydrogens is 281 g/mol. The zero-order valence-corrected chi connectivity index (χ0v) is 11.1. The van der Waals surface area contributed by atoms with Crippen LogP contribution in [-0.2, 0) is 6.54 Å². The fraction of sp³-hybridized carbons (Fsp3) is 0.143. The Morgan fingerprint density at radius 3 is 2.47 bits per heavy atom. The summed E-state index contributed by atoms with van der Waals surface area (Å²) in [7, 11) is 0. The minimum Gasteiger partial charge on any atom is -0.381 e. The number of hydrogen-bond acceptors (Lipinski definition) is 1. The molecule has 0 aromatic heterocycles. The Morgan fingerprint density at radius 1 is 1.12 bits per heavy atom. The minimum atomic E-state index is -0.245. The van der Waals surface area contributed by atoms with Gasteiger partial charge in [-0.05, 0) is 46.6 Å². The monoisotopic (exact) mass is 293 g/mol. The van der Waals surface area contributed by atoms with Crippen molar-refractivity contribution in [2.45, 2.75) is 13.5 Å². The molecule has 0 saturated heterocycles. The smallest absolute Gasteiger partial charge is 0.137 e. The number of halogens is 2. The van der Waals surface area contributed by atoms with Gasteiger partial charge in [-0.1, -0.05) is 29.8 Å². The van der Waals surface area contributed by atoms with E-state index in [4.69, 9.17) is 0 Å². The summed E-state index contributed by atoms with van der Waals surface area (Å²) in [6.45, 7) is 2.80. The van der Waals surface area contributed by atoms with Gasteiger partial charge >= 0.3 is 0 Å².